The molecule has 0 radical (unpaired) electrons. The van der Waals surface area contributed by atoms with Crippen molar-refractivity contribution in [3.05, 3.63) is 65.2 Å². The van der Waals surface area contributed by atoms with E-state index < -0.39 is 27.7 Å². The second-order valence-corrected chi connectivity index (χ2v) is 10.6. The van der Waals surface area contributed by atoms with E-state index >= 15 is 0 Å². The number of amides is 3. The van der Waals surface area contributed by atoms with E-state index in [9.17, 15) is 22.8 Å². The number of nitrogens with zero attached hydrogens (tertiary/aromatic N) is 1. The van der Waals surface area contributed by atoms with E-state index in [-0.39, 0.29) is 22.4 Å². The lowest BCUT2D eigenvalue weighted by molar-refractivity contribution is -0.120. The van der Waals surface area contributed by atoms with Crippen molar-refractivity contribution >= 4 is 27.7 Å². The van der Waals surface area contributed by atoms with Crippen molar-refractivity contribution < 1.29 is 22.8 Å². The zero-order chi connectivity index (χ0) is 25.5. The molecule has 2 rings (SSSR count). The van der Waals surface area contributed by atoms with Crippen LogP contribution < -0.4 is 16.2 Å². The zero-order valence-electron chi connectivity index (χ0n) is 20.1. The third-order valence-corrected chi connectivity index (χ3v) is 7.22. The van der Waals surface area contributed by atoms with Gasteiger partial charge in [0.1, 0.15) is 0 Å². The van der Waals surface area contributed by atoms with Crippen LogP contribution in [-0.2, 0) is 20.2 Å². The number of hydrogen-bond acceptors (Lipinski definition) is 5. The van der Waals surface area contributed by atoms with Crippen LogP contribution in [0.5, 0.6) is 0 Å². The largest absolute Gasteiger partial charge is 0.343 e. The topological polar surface area (TPSA) is 125 Å². The summed E-state index contributed by atoms with van der Waals surface area (Å²) in [4.78, 5) is 36.7. The van der Waals surface area contributed by atoms with Crippen LogP contribution in [0.25, 0.3) is 0 Å². The average Bonchev–Trinajstić information content (AvgIpc) is 2.81. The molecule has 0 atom stereocenters. The molecule has 0 spiro atoms. The fourth-order valence-electron chi connectivity index (χ4n) is 3.14. The number of rotatable bonds is 8. The van der Waals surface area contributed by atoms with Crippen LogP contribution in [0.4, 0.5) is 0 Å². The summed E-state index contributed by atoms with van der Waals surface area (Å²) < 4.78 is 26.6. The highest BCUT2D eigenvalue weighted by atomic mass is 32.2. The maximum Gasteiger partial charge on any atom is 0.269 e. The summed E-state index contributed by atoms with van der Waals surface area (Å²) in [6.07, 6.45) is 0. The number of carbonyl (C=O) groups excluding carboxylic acids is 3. The fraction of sp³-hybridized carbons (Fsp3) is 0.375. The standard InChI is InChI=1S/C24H32N4O5S/c1-6-28(7-2)34(32,33)20-10-8-9-18(15-20)23(31)27-26-21(29)16-25-22(30)17-11-13-19(14-12-17)24(3,4)5/h8-15H,6-7,16H2,1-5H3,(H,25,30)(H,26,29)(H,27,31). The molecule has 10 heteroatoms. The molecule has 3 N–H and O–H groups in total. The van der Waals surface area contributed by atoms with Gasteiger partial charge in [0.15, 0.2) is 0 Å². The Morgan fingerprint density at radius 1 is 0.853 bits per heavy atom. The van der Waals surface area contributed by atoms with Crippen LogP contribution in [0.15, 0.2) is 53.4 Å². The number of benzene rings is 2. The SMILES string of the molecule is CCN(CC)S(=O)(=O)c1cccc(C(=O)NNC(=O)CNC(=O)c2ccc(C(C)(C)C)cc2)c1. The van der Waals surface area contributed by atoms with E-state index in [1.165, 1.54) is 28.6 Å². The van der Waals surface area contributed by atoms with E-state index in [0.717, 1.165) is 5.56 Å². The maximum atomic E-state index is 12.7. The van der Waals surface area contributed by atoms with E-state index in [2.05, 4.69) is 36.9 Å². The number of sulfonamides is 1. The molecule has 0 aliphatic heterocycles. The smallest absolute Gasteiger partial charge is 0.269 e. The van der Waals surface area contributed by atoms with Crippen molar-refractivity contribution in [1.29, 1.82) is 0 Å². The Hall–Kier alpha value is -3.24. The molecule has 0 heterocycles. The molecule has 0 aliphatic rings. The highest BCUT2D eigenvalue weighted by Gasteiger charge is 2.22. The third-order valence-electron chi connectivity index (χ3n) is 5.18. The predicted molar refractivity (Wildman–Crippen MR) is 130 cm³/mol. The van der Waals surface area contributed by atoms with Gasteiger partial charge in [-0.3, -0.25) is 25.2 Å². The fourth-order valence-corrected chi connectivity index (χ4v) is 4.64. The molecule has 0 unspecified atom stereocenters. The summed E-state index contributed by atoms with van der Waals surface area (Å²) in [5, 5.41) is 2.49. The van der Waals surface area contributed by atoms with Crippen molar-refractivity contribution in [2.45, 2.75) is 44.9 Å². The van der Waals surface area contributed by atoms with E-state index in [1.54, 1.807) is 26.0 Å². The summed E-state index contributed by atoms with van der Waals surface area (Å²) in [6.45, 7) is 9.93. The first-order valence-corrected chi connectivity index (χ1v) is 12.4. The molecule has 2 aromatic carbocycles. The van der Waals surface area contributed by atoms with Crippen LogP contribution in [0.3, 0.4) is 0 Å². The molecule has 0 saturated heterocycles. The van der Waals surface area contributed by atoms with Crippen molar-refractivity contribution in [2.75, 3.05) is 19.6 Å². The van der Waals surface area contributed by atoms with Gasteiger partial charge in [0, 0.05) is 24.2 Å². The van der Waals surface area contributed by atoms with Gasteiger partial charge in [-0.2, -0.15) is 4.31 Å². The Morgan fingerprint density at radius 2 is 1.47 bits per heavy atom. The number of hydrogen-bond donors (Lipinski definition) is 3. The van der Waals surface area contributed by atoms with Gasteiger partial charge in [-0.1, -0.05) is 52.8 Å². The molecule has 0 bridgehead atoms. The molecule has 0 saturated carbocycles. The van der Waals surface area contributed by atoms with Crippen molar-refractivity contribution in [2.24, 2.45) is 0 Å². The van der Waals surface area contributed by atoms with Gasteiger partial charge in [-0.25, -0.2) is 8.42 Å². The van der Waals surface area contributed by atoms with Crippen molar-refractivity contribution in [3.8, 4) is 0 Å². The monoisotopic (exact) mass is 488 g/mol. The Kier molecular flexibility index (Phi) is 8.94. The molecule has 0 fully saturated rings. The number of hydrazine groups is 1. The van der Waals surface area contributed by atoms with E-state index in [4.69, 9.17) is 0 Å². The Bertz CT molecular complexity index is 1130. The molecule has 0 aliphatic carbocycles. The summed E-state index contributed by atoms with van der Waals surface area (Å²) in [5.41, 5.74) is 5.95. The number of carbonyl (C=O) groups is 3. The maximum absolute atomic E-state index is 12.7. The average molecular weight is 489 g/mol. The highest BCUT2D eigenvalue weighted by molar-refractivity contribution is 7.89. The highest BCUT2D eigenvalue weighted by Crippen LogP contribution is 2.22. The Morgan fingerprint density at radius 3 is 2.03 bits per heavy atom. The van der Waals surface area contributed by atoms with Crippen molar-refractivity contribution in [3.63, 3.8) is 0 Å². The van der Waals surface area contributed by atoms with Crippen LogP contribution in [0.1, 0.15) is 60.9 Å². The second kappa shape index (κ2) is 11.3. The summed E-state index contributed by atoms with van der Waals surface area (Å²) in [6, 6.07) is 12.7. The van der Waals surface area contributed by atoms with Crippen LogP contribution in [-0.4, -0.2) is 50.1 Å². The Labute approximate surface area is 200 Å². The second-order valence-electron chi connectivity index (χ2n) is 8.63. The van der Waals surface area contributed by atoms with Gasteiger partial charge in [-0.05, 0) is 41.3 Å². The first-order valence-electron chi connectivity index (χ1n) is 11.0. The summed E-state index contributed by atoms with van der Waals surface area (Å²) in [7, 11) is -3.73. The molecule has 3 amide bonds. The molecule has 184 valence electrons. The van der Waals surface area contributed by atoms with Crippen LogP contribution in [0.2, 0.25) is 0 Å². The quantitative estimate of drug-likeness (QED) is 0.492. The van der Waals surface area contributed by atoms with Crippen LogP contribution >= 0.6 is 0 Å². The minimum atomic E-state index is -3.73. The van der Waals surface area contributed by atoms with Gasteiger partial charge < -0.3 is 5.32 Å². The van der Waals surface area contributed by atoms with Gasteiger partial charge in [0.05, 0.1) is 11.4 Å². The normalized spacial score (nSPS) is 11.7. The molecule has 0 aromatic heterocycles. The first kappa shape index (κ1) is 27.0. The number of nitrogens with one attached hydrogen (secondary N) is 3. The zero-order valence-corrected chi connectivity index (χ0v) is 21.0. The van der Waals surface area contributed by atoms with Crippen LogP contribution in [0, 0.1) is 0 Å². The third kappa shape index (κ3) is 6.88. The van der Waals surface area contributed by atoms with E-state index in [0.29, 0.717) is 18.7 Å². The molecule has 34 heavy (non-hydrogen) atoms. The minimum absolute atomic E-state index is 0.0140. The van der Waals surface area contributed by atoms with Gasteiger partial charge in [0.25, 0.3) is 17.7 Å². The first-order chi connectivity index (χ1) is 15.9. The Balaban J connectivity index is 1.92. The van der Waals surface area contributed by atoms with Gasteiger partial charge >= 0.3 is 0 Å². The molecule has 9 nitrogen and oxygen atoms in total. The lowest BCUT2D eigenvalue weighted by atomic mass is 9.87. The van der Waals surface area contributed by atoms with Gasteiger partial charge in [-0.15, -0.1) is 0 Å². The summed E-state index contributed by atoms with van der Waals surface area (Å²) in [5.74, 6) is -1.75. The van der Waals surface area contributed by atoms with E-state index in [1.807, 2.05) is 12.1 Å². The lowest BCUT2D eigenvalue weighted by Gasteiger charge is -2.19. The predicted octanol–water partition coefficient (Wildman–Crippen LogP) is 2.21. The molecular formula is C24H32N4O5S. The lowest BCUT2D eigenvalue weighted by Crippen LogP contribution is -2.46. The molecular weight excluding hydrogens is 456 g/mol. The molecule has 2 aromatic rings. The van der Waals surface area contributed by atoms with Gasteiger partial charge in [0.2, 0.25) is 10.0 Å². The van der Waals surface area contributed by atoms with Crippen molar-refractivity contribution in [1.82, 2.24) is 20.5 Å². The minimum Gasteiger partial charge on any atom is -0.343 e. The summed E-state index contributed by atoms with van der Waals surface area (Å²) >= 11 is 0.